The highest BCUT2D eigenvalue weighted by Gasteiger charge is 2.38. The van der Waals surface area contributed by atoms with Crippen LogP contribution in [0.5, 0.6) is 0 Å². The van der Waals surface area contributed by atoms with Crippen molar-refractivity contribution in [2.45, 2.75) is 17.2 Å². The maximum absolute atomic E-state index is 12.6. The number of carbonyl (C=O) groups is 1. The SMILES string of the molecule is COC(=O)[C@@H](Br)c1cc(C(F)(F)F)cc(C(F)(F)F)c1. The Balaban J connectivity index is 3.42. The number of ether oxygens (including phenoxy) is 1. The highest BCUT2D eigenvalue weighted by Crippen LogP contribution is 2.38. The molecule has 0 bridgehead atoms. The molecule has 1 rings (SSSR count). The molecule has 9 heteroatoms. The first kappa shape index (κ1) is 16.8. The van der Waals surface area contributed by atoms with Gasteiger partial charge in [-0.3, -0.25) is 4.79 Å². The van der Waals surface area contributed by atoms with Gasteiger partial charge in [0.05, 0.1) is 18.2 Å². The lowest BCUT2D eigenvalue weighted by atomic mass is 10.0. The Kier molecular flexibility index (Phi) is 4.73. The highest BCUT2D eigenvalue weighted by atomic mass is 79.9. The van der Waals surface area contributed by atoms with Crippen molar-refractivity contribution in [3.63, 3.8) is 0 Å². The topological polar surface area (TPSA) is 26.3 Å². The molecular weight excluding hydrogens is 358 g/mol. The van der Waals surface area contributed by atoms with Crippen molar-refractivity contribution in [2.75, 3.05) is 7.11 Å². The third-order valence-electron chi connectivity index (χ3n) is 2.31. The molecule has 0 saturated heterocycles. The Morgan fingerprint density at radius 2 is 1.45 bits per heavy atom. The summed E-state index contributed by atoms with van der Waals surface area (Å²) in [5.41, 5.74) is -3.47. The van der Waals surface area contributed by atoms with Crippen LogP contribution >= 0.6 is 15.9 Å². The summed E-state index contributed by atoms with van der Waals surface area (Å²) in [6, 6.07) is 0.914. The fraction of sp³-hybridized carbons (Fsp3) is 0.364. The van der Waals surface area contributed by atoms with Crippen LogP contribution in [0.15, 0.2) is 18.2 Å². The van der Waals surface area contributed by atoms with Crippen LogP contribution in [0.1, 0.15) is 21.5 Å². The first-order valence-electron chi connectivity index (χ1n) is 4.98. The molecule has 0 amide bonds. The predicted octanol–water partition coefficient (Wildman–Crippen LogP) is 4.33. The molecule has 1 aromatic rings. The van der Waals surface area contributed by atoms with E-state index in [1.54, 1.807) is 0 Å². The van der Waals surface area contributed by atoms with Gasteiger partial charge in [-0.15, -0.1) is 0 Å². The maximum atomic E-state index is 12.6. The van der Waals surface area contributed by atoms with E-state index in [4.69, 9.17) is 0 Å². The normalized spacial score (nSPS) is 14.0. The number of rotatable bonds is 2. The van der Waals surface area contributed by atoms with E-state index in [1.807, 2.05) is 0 Å². The van der Waals surface area contributed by atoms with E-state index in [0.29, 0.717) is 12.1 Å². The van der Waals surface area contributed by atoms with Gasteiger partial charge in [-0.05, 0) is 23.8 Å². The van der Waals surface area contributed by atoms with Crippen molar-refractivity contribution in [1.29, 1.82) is 0 Å². The Morgan fingerprint density at radius 3 is 1.75 bits per heavy atom. The molecule has 1 atom stereocenters. The molecule has 2 nitrogen and oxygen atoms in total. The zero-order valence-corrected chi connectivity index (χ0v) is 11.4. The van der Waals surface area contributed by atoms with Crippen molar-refractivity contribution in [1.82, 2.24) is 0 Å². The van der Waals surface area contributed by atoms with Crippen molar-refractivity contribution in [3.8, 4) is 0 Å². The second-order valence-corrected chi connectivity index (χ2v) is 4.64. The molecule has 20 heavy (non-hydrogen) atoms. The van der Waals surface area contributed by atoms with Crippen molar-refractivity contribution in [3.05, 3.63) is 34.9 Å². The minimum atomic E-state index is -4.96. The van der Waals surface area contributed by atoms with Crippen LogP contribution in [0.3, 0.4) is 0 Å². The van der Waals surface area contributed by atoms with Crippen LogP contribution < -0.4 is 0 Å². The van der Waals surface area contributed by atoms with E-state index in [1.165, 1.54) is 0 Å². The van der Waals surface area contributed by atoms with Crippen LogP contribution in [0.4, 0.5) is 26.3 Å². The van der Waals surface area contributed by atoms with Crippen LogP contribution in [0.25, 0.3) is 0 Å². The van der Waals surface area contributed by atoms with E-state index in [-0.39, 0.29) is 6.07 Å². The van der Waals surface area contributed by atoms with Crippen LogP contribution in [-0.4, -0.2) is 13.1 Å². The first-order chi connectivity index (χ1) is 8.96. The van der Waals surface area contributed by atoms with Crippen molar-refractivity contribution in [2.24, 2.45) is 0 Å². The summed E-state index contributed by atoms with van der Waals surface area (Å²) in [5, 5.41) is 0. The van der Waals surface area contributed by atoms with E-state index >= 15 is 0 Å². The summed E-state index contributed by atoms with van der Waals surface area (Å²) in [6.07, 6.45) is -9.92. The second kappa shape index (κ2) is 5.63. The third kappa shape index (κ3) is 3.87. The van der Waals surface area contributed by atoms with Gasteiger partial charge in [-0.25, -0.2) is 0 Å². The summed E-state index contributed by atoms with van der Waals surface area (Å²) >= 11 is 2.70. The summed E-state index contributed by atoms with van der Waals surface area (Å²) in [5.74, 6) is -1.00. The third-order valence-corrected chi connectivity index (χ3v) is 3.21. The number of hydrogen-bond donors (Lipinski definition) is 0. The molecule has 112 valence electrons. The van der Waals surface area contributed by atoms with Gasteiger partial charge in [0.1, 0.15) is 4.83 Å². The lowest BCUT2D eigenvalue weighted by Crippen LogP contribution is -2.14. The molecule has 0 aliphatic rings. The molecule has 0 fully saturated rings. The lowest BCUT2D eigenvalue weighted by molar-refractivity contribution is -0.144. The van der Waals surface area contributed by atoms with Gasteiger partial charge in [0.2, 0.25) is 0 Å². The average molecular weight is 365 g/mol. The van der Waals surface area contributed by atoms with Gasteiger partial charge in [0, 0.05) is 0 Å². The zero-order chi connectivity index (χ0) is 15.7. The summed E-state index contributed by atoms with van der Waals surface area (Å²) < 4.78 is 79.8. The maximum Gasteiger partial charge on any atom is 0.416 e. The molecular formula is C11H7BrF6O2. The molecule has 0 spiro atoms. The van der Waals surface area contributed by atoms with Crippen molar-refractivity contribution >= 4 is 21.9 Å². The summed E-state index contributed by atoms with van der Waals surface area (Å²) in [4.78, 5) is 9.78. The molecule has 0 aliphatic carbocycles. The Morgan fingerprint density at radius 1 is 1.05 bits per heavy atom. The van der Waals surface area contributed by atoms with Crippen LogP contribution in [0, 0.1) is 0 Å². The Labute approximate surface area is 117 Å². The molecule has 0 N–H and O–H groups in total. The molecule has 1 aromatic carbocycles. The molecule has 0 saturated carbocycles. The molecule has 0 unspecified atom stereocenters. The minimum absolute atomic E-state index is 0.0134. The number of halogens is 7. The Bertz CT molecular complexity index is 476. The summed E-state index contributed by atoms with van der Waals surface area (Å²) in [6.45, 7) is 0. The van der Waals surface area contributed by atoms with Gasteiger partial charge >= 0.3 is 18.3 Å². The fourth-order valence-corrected chi connectivity index (χ4v) is 1.82. The Hall–Kier alpha value is -1.25. The van der Waals surface area contributed by atoms with Crippen LogP contribution in [0.2, 0.25) is 0 Å². The van der Waals surface area contributed by atoms with Gasteiger partial charge in [0.15, 0.2) is 0 Å². The average Bonchev–Trinajstić information content (AvgIpc) is 2.34. The highest BCUT2D eigenvalue weighted by molar-refractivity contribution is 9.09. The number of alkyl halides is 7. The molecule has 0 radical (unpaired) electrons. The lowest BCUT2D eigenvalue weighted by Gasteiger charge is -2.16. The first-order valence-corrected chi connectivity index (χ1v) is 5.89. The van der Waals surface area contributed by atoms with E-state index in [9.17, 15) is 31.1 Å². The molecule has 0 aromatic heterocycles. The van der Waals surface area contributed by atoms with Crippen LogP contribution in [-0.2, 0) is 21.9 Å². The van der Waals surface area contributed by atoms with Gasteiger partial charge in [0.25, 0.3) is 0 Å². The zero-order valence-electron chi connectivity index (χ0n) is 9.77. The van der Waals surface area contributed by atoms with Gasteiger partial charge < -0.3 is 4.74 Å². The van der Waals surface area contributed by atoms with Crippen molar-refractivity contribution < 1.29 is 35.9 Å². The van der Waals surface area contributed by atoms with Gasteiger partial charge in [-0.2, -0.15) is 26.3 Å². The van der Waals surface area contributed by atoms with E-state index < -0.39 is 39.8 Å². The number of esters is 1. The van der Waals surface area contributed by atoms with E-state index in [0.717, 1.165) is 7.11 Å². The smallest absolute Gasteiger partial charge is 0.416 e. The predicted molar refractivity (Wildman–Crippen MR) is 60.1 cm³/mol. The summed E-state index contributed by atoms with van der Waals surface area (Å²) in [7, 11) is 0.967. The number of benzene rings is 1. The number of hydrogen-bond acceptors (Lipinski definition) is 2. The second-order valence-electron chi connectivity index (χ2n) is 3.72. The van der Waals surface area contributed by atoms with E-state index in [2.05, 4.69) is 20.7 Å². The molecule has 0 aliphatic heterocycles. The minimum Gasteiger partial charge on any atom is -0.468 e. The standard InChI is InChI=1S/C11H7BrF6O2/c1-20-9(19)8(12)5-2-6(10(13,14)15)4-7(3-5)11(16,17)18/h2-4,8H,1H3/t8-/m0/s1. The molecule has 0 heterocycles. The quantitative estimate of drug-likeness (QED) is 0.443. The number of carbonyl (C=O) groups excluding carboxylic acids is 1. The van der Waals surface area contributed by atoms with Gasteiger partial charge in [-0.1, -0.05) is 15.9 Å². The number of methoxy groups -OCH3 is 1. The fourth-order valence-electron chi connectivity index (χ4n) is 1.36. The largest absolute Gasteiger partial charge is 0.468 e. The monoisotopic (exact) mass is 364 g/mol.